The van der Waals surface area contributed by atoms with E-state index in [9.17, 15) is 27.6 Å². The number of anilines is 2. The van der Waals surface area contributed by atoms with Gasteiger partial charge >= 0.3 is 0 Å². The van der Waals surface area contributed by atoms with Crippen LogP contribution in [0.15, 0.2) is 41.6 Å². The number of aryl methyl sites for hydroxylation is 1. The van der Waals surface area contributed by atoms with Crippen LogP contribution in [-0.2, 0) is 18.4 Å². The summed E-state index contributed by atoms with van der Waals surface area (Å²) >= 11 is 5.80. The summed E-state index contributed by atoms with van der Waals surface area (Å²) in [6.45, 7) is 2.70. The molecule has 0 bridgehead atoms. The number of amides is 2. The third-order valence-corrected chi connectivity index (χ3v) is 7.70. The third kappa shape index (κ3) is 4.91. The lowest BCUT2D eigenvalue weighted by molar-refractivity contribution is -0.118. The molecule has 11 nitrogen and oxygen atoms in total. The summed E-state index contributed by atoms with van der Waals surface area (Å²) < 4.78 is 44.5. The Morgan fingerprint density at radius 3 is 2.69 bits per heavy atom. The van der Waals surface area contributed by atoms with Crippen molar-refractivity contribution in [1.29, 1.82) is 0 Å². The molecule has 6 rings (SSSR count). The molecule has 216 valence electrons. The molecular weight excluding hydrogens is 577 g/mol. The molecular formula is C27H22ClF3N8O3. The van der Waals surface area contributed by atoms with Crippen molar-refractivity contribution >= 4 is 35.1 Å². The number of aromatic nitrogens is 6. The highest BCUT2D eigenvalue weighted by atomic mass is 35.5. The third-order valence-electron chi connectivity index (χ3n) is 7.41. The molecule has 0 spiro atoms. The van der Waals surface area contributed by atoms with E-state index in [0.29, 0.717) is 24.1 Å². The van der Waals surface area contributed by atoms with E-state index in [-0.39, 0.29) is 24.1 Å². The first-order chi connectivity index (χ1) is 20.0. The lowest BCUT2D eigenvalue weighted by Gasteiger charge is -2.17. The molecule has 2 amide bonds. The molecule has 1 aliphatic heterocycles. The van der Waals surface area contributed by atoms with Crippen molar-refractivity contribution in [2.45, 2.75) is 26.3 Å². The Morgan fingerprint density at radius 2 is 2.00 bits per heavy atom. The summed E-state index contributed by atoms with van der Waals surface area (Å²) in [5.41, 5.74) is -0.951. The van der Waals surface area contributed by atoms with Crippen LogP contribution in [0.25, 0.3) is 11.3 Å². The number of nitrogens with one attached hydrogen (secondary N) is 1. The van der Waals surface area contributed by atoms with Crippen molar-refractivity contribution in [3.8, 4) is 11.3 Å². The largest absolute Gasteiger partial charge is 0.317 e. The van der Waals surface area contributed by atoms with Gasteiger partial charge in [0.25, 0.3) is 17.9 Å². The van der Waals surface area contributed by atoms with Crippen LogP contribution < -0.4 is 15.8 Å². The molecule has 15 heteroatoms. The number of halogens is 4. The van der Waals surface area contributed by atoms with E-state index in [2.05, 4.69) is 25.4 Å². The molecule has 1 saturated heterocycles. The number of carbonyl (C=O) groups excluding carboxylic acids is 2. The molecule has 2 fully saturated rings. The molecule has 2 aliphatic rings. The lowest BCUT2D eigenvalue weighted by Crippen LogP contribution is -2.30. The maximum absolute atomic E-state index is 14.8. The zero-order chi connectivity index (χ0) is 29.9. The number of piperidine rings is 1. The highest BCUT2D eigenvalue weighted by Gasteiger charge is 2.53. The van der Waals surface area contributed by atoms with E-state index in [1.807, 2.05) is 0 Å². The first-order valence-electron chi connectivity index (χ1n) is 12.8. The van der Waals surface area contributed by atoms with Crippen LogP contribution in [0.1, 0.15) is 40.3 Å². The zero-order valence-electron chi connectivity index (χ0n) is 22.2. The van der Waals surface area contributed by atoms with Crippen LogP contribution in [-0.4, -0.2) is 47.7 Å². The number of benzene rings is 1. The van der Waals surface area contributed by atoms with Crippen LogP contribution >= 0.6 is 11.6 Å². The average molecular weight is 599 g/mol. The molecule has 1 aromatic carbocycles. The van der Waals surface area contributed by atoms with Gasteiger partial charge in [-0.1, -0.05) is 17.7 Å². The first kappa shape index (κ1) is 27.6. The fraction of sp³-hybridized carbons (Fsp3) is 0.296. The molecule has 0 unspecified atom stereocenters. The SMILES string of the molecule is Cc1nc(N2C[C@H]3C[C@H]3C2=O)ncc1Cn1cc(NC(=O)c2nc(-c3c(C(F)F)ccc(Cl)c3F)cc(=O)n2C)cn1. The molecule has 2 atom stereocenters. The maximum atomic E-state index is 14.8. The Morgan fingerprint density at radius 1 is 1.21 bits per heavy atom. The Hall–Kier alpha value is -4.59. The van der Waals surface area contributed by atoms with E-state index < -0.39 is 51.4 Å². The van der Waals surface area contributed by atoms with Crippen LogP contribution in [0.4, 0.5) is 24.8 Å². The van der Waals surface area contributed by atoms with Crippen molar-refractivity contribution in [1.82, 2.24) is 29.3 Å². The number of hydrogen-bond acceptors (Lipinski definition) is 7. The molecule has 42 heavy (non-hydrogen) atoms. The fourth-order valence-corrected chi connectivity index (χ4v) is 5.13. The van der Waals surface area contributed by atoms with Crippen LogP contribution in [0, 0.1) is 24.6 Å². The Balaban J connectivity index is 1.21. The minimum atomic E-state index is -3.08. The van der Waals surface area contributed by atoms with Gasteiger partial charge in [0, 0.05) is 60.4 Å². The van der Waals surface area contributed by atoms with Crippen LogP contribution in [0.2, 0.25) is 5.02 Å². The van der Waals surface area contributed by atoms with Gasteiger partial charge in [0.05, 0.1) is 29.1 Å². The summed E-state index contributed by atoms with van der Waals surface area (Å²) in [5, 5.41) is 6.35. The summed E-state index contributed by atoms with van der Waals surface area (Å²) in [4.78, 5) is 52.5. The minimum absolute atomic E-state index is 0.0595. The van der Waals surface area contributed by atoms with Crippen molar-refractivity contribution in [3.63, 3.8) is 0 Å². The average Bonchev–Trinajstić information content (AvgIpc) is 3.47. The lowest BCUT2D eigenvalue weighted by atomic mass is 10.0. The minimum Gasteiger partial charge on any atom is -0.317 e. The second-order valence-corrected chi connectivity index (χ2v) is 10.6. The standard InChI is InChI=1S/C27H22ClF3N8O3/c1-12-14(7-32-27(34-12)39-10-13-5-17(13)26(39)42)9-38-11-15(8-33-38)35-25(41)24-36-19(6-20(40)37(24)2)21-16(23(30)31)3-4-18(28)22(21)29/h3-4,6-8,11,13,17,23H,5,9-10H2,1-2H3,(H,35,41)/t13-,17-/m1/s1. The molecule has 1 N–H and O–H groups in total. The van der Waals surface area contributed by atoms with Crippen molar-refractivity contribution < 1.29 is 22.8 Å². The number of rotatable bonds is 7. The molecule has 4 heterocycles. The van der Waals surface area contributed by atoms with Gasteiger partial charge in [-0.25, -0.2) is 28.1 Å². The molecule has 1 aliphatic carbocycles. The summed E-state index contributed by atoms with van der Waals surface area (Å²) in [7, 11) is 1.27. The molecule has 3 aromatic heterocycles. The Labute approximate surface area is 241 Å². The maximum Gasteiger partial charge on any atom is 0.291 e. The number of carbonyl (C=O) groups is 2. The van der Waals surface area contributed by atoms with E-state index in [1.165, 1.54) is 24.1 Å². The Bertz CT molecular complexity index is 1820. The number of nitrogens with zero attached hydrogens (tertiary/aromatic N) is 7. The highest BCUT2D eigenvalue weighted by molar-refractivity contribution is 6.31. The topological polar surface area (TPSA) is 128 Å². The van der Waals surface area contributed by atoms with Gasteiger partial charge in [0.15, 0.2) is 5.82 Å². The smallest absolute Gasteiger partial charge is 0.291 e. The Kier molecular flexibility index (Phi) is 6.80. The number of alkyl halides is 2. The van der Waals surface area contributed by atoms with E-state index in [0.717, 1.165) is 34.8 Å². The van der Waals surface area contributed by atoms with Crippen LogP contribution in [0.5, 0.6) is 0 Å². The van der Waals surface area contributed by atoms with Gasteiger partial charge in [-0.2, -0.15) is 5.10 Å². The molecule has 4 aromatic rings. The summed E-state index contributed by atoms with van der Waals surface area (Å²) in [5.74, 6) is -1.55. The summed E-state index contributed by atoms with van der Waals surface area (Å²) in [6, 6.07) is 2.77. The van der Waals surface area contributed by atoms with Gasteiger partial charge < -0.3 is 5.32 Å². The highest BCUT2D eigenvalue weighted by Crippen LogP contribution is 2.46. The molecule has 1 saturated carbocycles. The van der Waals surface area contributed by atoms with Crippen LogP contribution in [0.3, 0.4) is 0 Å². The normalized spacial score (nSPS) is 17.6. The van der Waals surface area contributed by atoms with E-state index in [4.69, 9.17) is 11.6 Å². The van der Waals surface area contributed by atoms with E-state index in [1.54, 1.807) is 18.0 Å². The quantitative estimate of drug-likeness (QED) is 0.343. The first-order valence-corrected chi connectivity index (χ1v) is 13.2. The second-order valence-electron chi connectivity index (χ2n) is 10.2. The predicted octanol–water partition coefficient (Wildman–Crippen LogP) is 3.76. The molecule has 0 radical (unpaired) electrons. The zero-order valence-corrected chi connectivity index (χ0v) is 22.9. The van der Waals surface area contributed by atoms with Gasteiger partial charge in [-0.3, -0.25) is 28.5 Å². The number of fused-ring (bicyclic) bond motifs is 1. The van der Waals surface area contributed by atoms with Crippen molar-refractivity contribution in [2.24, 2.45) is 18.9 Å². The second kappa shape index (κ2) is 10.4. The summed E-state index contributed by atoms with van der Waals surface area (Å²) in [6.07, 6.45) is 2.37. The van der Waals surface area contributed by atoms with Gasteiger partial charge in [-0.15, -0.1) is 0 Å². The fourth-order valence-electron chi connectivity index (χ4n) is 4.98. The van der Waals surface area contributed by atoms with E-state index >= 15 is 0 Å². The monoisotopic (exact) mass is 598 g/mol. The van der Waals surface area contributed by atoms with Crippen molar-refractivity contribution in [2.75, 3.05) is 16.8 Å². The van der Waals surface area contributed by atoms with Gasteiger partial charge in [-0.05, 0) is 25.3 Å². The number of hydrogen-bond donors (Lipinski definition) is 1. The van der Waals surface area contributed by atoms with Crippen molar-refractivity contribution in [3.05, 3.63) is 80.6 Å². The van der Waals surface area contributed by atoms with Gasteiger partial charge in [0.1, 0.15) is 0 Å². The van der Waals surface area contributed by atoms with Gasteiger partial charge in [0.2, 0.25) is 17.7 Å². The predicted molar refractivity (Wildman–Crippen MR) is 145 cm³/mol.